The summed E-state index contributed by atoms with van der Waals surface area (Å²) in [6.07, 6.45) is 6.57. The number of nitrogens with one attached hydrogen (secondary N) is 2. The van der Waals surface area contributed by atoms with E-state index in [1.54, 1.807) is 23.7 Å². The molecule has 0 spiro atoms. The molecule has 0 aromatic rings. The monoisotopic (exact) mass is 269 g/mol. The number of amides is 1. The first-order valence-electron chi connectivity index (χ1n) is 5.98. The number of nitrogens with zero attached hydrogens (tertiary/aromatic N) is 3. The van der Waals surface area contributed by atoms with Gasteiger partial charge in [0.05, 0.1) is 18.4 Å². The minimum atomic E-state index is -0.938. The summed E-state index contributed by atoms with van der Waals surface area (Å²) >= 11 is 0. The molecule has 3 heterocycles. The third-order valence-electron chi connectivity index (χ3n) is 3.40. The van der Waals surface area contributed by atoms with Crippen molar-refractivity contribution < 1.29 is 19.6 Å². The van der Waals surface area contributed by atoms with E-state index >= 15 is 0 Å². The van der Waals surface area contributed by atoms with Gasteiger partial charge in [-0.05, 0) is 6.42 Å². The number of likely N-dealkylation sites (tertiary alicyclic amines) is 1. The van der Waals surface area contributed by atoms with Crippen molar-refractivity contribution in [3.05, 3.63) is 24.9 Å². The average Bonchev–Trinajstić information content (AvgIpc) is 3.11. The molecule has 1 saturated heterocycles. The zero-order chi connectivity index (χ0) is 13.2. The molecule has 0 saturated carbocycles. The third-order valence-corrected chi connectivity index (χ3v) is 3.40. The summed E-state index contributed by atoms with van der Waals surface area (Å²) in [4.78, 5) is 22.5. The van der Waals surface area contributed by atoms with Crippen LogP contribution in [-0.4, -0.2) is 44.9 Å². The minimum Gasteiger partial charge on any atom is -0.465 e. The van der Waals surface area contributed by atoms with Gasteiger partial charge in [0, 0.05) is 13.0 Å². The van der Waals surface area contributed by atoms with Crippen LogP contribution in [0.15, 0.2) is 24.9 Å². The zero-order valence-corrected chi connectivity index (χ0v) is 10.1. The second kappa shape index (κ2) is 4.86. The molecule has 3 aliphatic heterocycles. The maximum Gasteiger partial charge on any atom is 0.408 e. The van der Waals surface area contributed by atoms with Crippen molar-refractivity contribution in [2.45, 2.75) is 25.0 Å². The lowest BCUT2D eigenvalue weighted by Gasteiger charge is -2.43. The number of hydrogen-bond donors (Lipinski definition) is 3. The van der Waals surface area contributed by atoms with Crippen molar-refractivity contribution in [1.82, 2.24) is 26.1 Å². The molecule has 0 aromatic carbocycles. The van der Waals surface area contributed by atoms with Crippen LogP contribution in [0.3, 0.4) is 0 Å². The number of carbonyl (C=O) groups is 1. The van der Waals surface area contributed by atoms with Crippen molar-refractivity contribution >= 4 is 6.09 Å². The Kier molecular flexibility index (Phi) is 3.05. The number of hydrogen-bond acceptors (Lipinski definition) is 7. The van der Waals surface area contributed by atoms with Gasteiger partial charge in [-0.25, -0.2) is 4.79 Å². The Labute approximate surface area is 109 Å². The number of hydrazine groups is 2. The second-order valence-corrected chi connectivity index (χ2v) is 4.44. The van der Waals surface area contributed by atoms with Crippen LogP contribution in [0.2, 0.25) is 0 Å². The predicted octanol–water partition coefficient (Wildman–Crippen LogP) is -0.0991. The van der Waals surface area contributed by atoms with Gasteiger partial charge in [-0.2, -0.15) is 0 Å². The molecule has 3 rings (SSSR count). The highest BCUT2D eigenvalue weighted by atomic mass is 16.7. The van der Waals surface area contributed by atoms with E-state index in [9.17, 15) is 9.90 Å². The lowest BCUT2D eigenvalue weighted by atomic mass is 10.0. The van der Waals surface area contributed by atoms with E-state index in [4.69, 9.17) is 9.68 Å². The molecule has 9 heteroatoms. The van der Waals surface area contributed by atoms with Crippen LogP contribution in [0, 0.1) is 0 Å². The Balaban J connectivity index is 1.72. The number of piperidine rings is 1. The van der Waals surface area contributed by atoms with E-state index in [1.165, 1.54) is 11.2 Å². The fourth-order valence-corrected chi connectivity index (χ4v) is 2.46. The molecular formula is C10H15N5O4. The Morgan fingerprint density at radius 1 is 1.21 bits per heavy atom. The summed E-state index contributed by atoms with van der Waals surface area (Å²) in [5, 5.41) is 12.7. The average molecular weight is 269 g/mol. The molecule has 19 heavy (non-hydrogen) atoms. The first kappa shape index (κ1) is 11.9. The van der Waals surface area contributed by atoms with Crippen LogP contribution in [0.4, 0.5) is 4.79 Å². The van der Waals surface area contributed by atoms with Gasteiger partial charge in [-0.3, -0.25) is 14.9 Å². The second-order valence-electron chi connectivity index (χ2n) is 4.44. The summed E-state index contributed by atoms with van der Waals surface area (Å²) in [6.45, 7) is 0.447. The number of carboxylic acid groups (broad SMARTS) is 1. The summed E-state index contributed by atoms with van der Waals surface area (Å²) in [6, 6.07) is 0.148. The normalized spacial score (nSPS) is 29.6. The Morgan fingerprint density at radius 3 is 2.47 bits per heavy atom. The van der Waals surface area contributed by atoms with Crippen LogP contribution in [-0.2, 0) is 9.68 Å². The topological polar surface area (TPSA) is 89.5 Å². The van der Waals surface area contributed by atoms with Gasteiger partial charge in [0.2, 0.25) is 0 Å². The maximum atomic E-state index is 11.3. The van der Waals surface area contributed by atoms with E-state index in [2.05, 4.69) is 11.2 Å². The van der Waals surface area contributed by atoms with Gasteiger partial charge in [-0.15, -0.1) is 0 Å². The van der Waals surface area contributed by atoms with Gasteiger partial charge in [0.25, 0.3) is 0 Å². The van der Waals surface area contributed by atoms with E-state index in [0.717, 1.165) is 6.42 Å². The van der Waals surface area contributed by atoms with Gasteiger partial charge in [-0.1, -0.05) is 11.2 Å². The van der Waals surface area contributed by atoms with Crippen molar-refractivity contribution in [2.75, 3.05) is 6.54 Å². The highest BCUT2D eigenvalue weighted by Gasteiger charge is 2.38. The van der Waals surface area contributed by atoms with Gasteiger partial charge in [0.1, 0.15) is 18.7 Å². The largest absolute Gasteiger partial charge is 0.465 e. The van der Waals surface area contributed by atoms with Crippen molar-refractivity contribution in [3.8, 4) is 0 Å². The first-order chi connectivity index (χ1) is 9.25. The molecule has 0 aliphatic carbocycles. The van der Waals surface area contributed by atoms with E-state index in [0.29, 0.717) is 13.0 Å². The summed E-state index contributed by atoms with van der Waals surface area (Å²) in [7, 11) is 0. The lowest BCUT2D eigenvalue weighted by molar-refractivity contribution is -0.0769. The van der Waals surface area contributed by atoms with Crippen LogP contribution in [0.5, 0.6) is 0 Å². The van der Waals surface area contributed by atoms with Gasteiger partial charge >= 0.3 is 6.09 Å². The van der Waals surface area contributed by atoms with Crippen LogP contribution in [0.1, 0.15) is 12.8 Å². The zero-order valence-electron chi connectivity index (χ0n) is 10.1. The van der Waals surface area contributed by atoms with Crippen molar-refractivity contribution in [3.63, 3.8) is 0 Å². The molecule has 104 valence electrons. The molecule has 1 amide bonds. The van der Waals surface area contributed by atoms with Crippen LogP contribution in [0.25, 0.3) is 0 Å². The smallest absolute Gasteiger partial charge is 0.408 e. The molecule has 2 unspecified atom stereocenters. The third kappa shape index (κ3) is 2.25. The van der Waals surface area contributed by atoms with E-state index < -0.39 is 6.09 Å². The summed E-state index contributed by atoms with van der Waals surface area (Å²) in [5.41, 5.74) is 5.40. The highest BCUT2D eigenvalue weighted by molar-refractivity contribution is 5.65. The van der Waals surface area contributed by atoms with Gasteiger partial charge < -0.3 is 14.8 Å². The molecule has 0 bridgehead atoms. The fourth-order valence-electron chi connectivity index (χ4n) is 2.46. The van der Waals surface area contributed by atoms with E-state index in [-0.39, 0.29) is 12.2 Å². The Bertz CT molecular complexity index is 415. The Morgan fingerprint density at radius 2 is 1.89 bits per heavy atom. The molecule has 0 aromatic heterocycles. The number of rotatable bonds is 2. The molecule has 9 nitrogen and oxygen atoms in total. The lowest BCUT2D eigenvalue weighted by Crippen LogP contribution is -2.59. The van der Waals surface area contributed by atoms with Crippen LogP contribution >= 0.6 is 0 Å². The van der Waals surface area contributed by atoms with Crippen molar-refractivity contribution in [2.24, 2.45) is 0 Å². The molecule has 3 aliphatic rings. The molecular weight excluding hydrogens is 254 g/mol. The summed E-state index contributed by atoms with van der Waals surface area (Å²) in [5.74, 6) is 0. The maximum absolute atomic E-state index is 11.3. The summed E-state index contributed by atoms with van der Waals surface area (Å²) < 4.78 is 0. The van der Waals surface area contributed by atoms with Crippen LogP contribution < -0.4 is 11.2 Å². The molecule has 1 fully saturated rings. The molecule has 3 N–H and O–H groups in total. The minimum absolute atomic E-state index is 0.148. The SMILES string of the molecule is O=C(O)N1CCC(N2C=CON2)CC1N1C=CON1. The highest BCUT2D eigenvalue weighted by Crippen LogP contribution is 2.25. The van der Waals surface area contributed by atoms with Crippen molar-refractivity contribution in [1.29, 1.82) is 0 Å². The predicted molar refractivity (Wildman–Crippen MR) is 61.9 cm³/mol. The standard InChI is InChI=1S/C10H15N5O4/c16-10(17)13-2-1-8(14-3-5-18-11-14)7-9(13)15-4-6-19-12-15/h3-6,8-9,11-12H,1-2,7H2,(H,16,17). The Hall–Kier alpha value is -2.13. The molecule has 0 radical (unpaired) electrons. The first-order valence-corrected chi connectivity index (χ1v) is 5.98. The fraction of sp³-hybridized carbons (Fsp3) is 0.500. The van der Waals surface area contributed by atoms with E-state index in [1.807, 2.05) is 5.01 Å². The molecule has 2 atom stereocenters. The quantitative estimate of drug-likeness (QED) is 0.640. The van der Waals surface area contributed by atoms with Gasteiger partial charge in [0.15, 0.2) is 0 Å².